The number of nitrogens with one attached hydrogen (secondary N) is 1. The molecule has 0 atom stereocenters. The highest BCUT2D eigenvalue weighted by Gasteiger charge is 2.17. The van der Waals surface area contributed by atoms with Crippen LogP contribution in [0.5, 0.6) is 0 Å². The van der Waals surface area contributed by atoms with Crippen molar-refractivity contribution < 1.29 is 12.8 Å². The number of nitrogens with two attached hydrogens (primary N) is 1. The van der Waals surface area contributed by atoms with Crippen molar-refractivity contribution in [2.24, 2.45) is 0 Å². The van der Waals surface area contributed by atoms with Crippen LogP contribution in [0.4, 0.5) is 15.9 Å². The molecule has 0 saturated heterocycles. The third-order valence-corrected chi connectivity index (χ3v) is 5.31. The summed E-state index contributed by atoms with van der Waals surface area (Å²) >= 11 is 0. The lowest BCUT2D eigenvalue weighted by atomic mass is 10.0. The molecule has 3 rings (SSSR count). The monoisotopic (exact) mass is 387 g/mol. The lowest BCUT2D eigenvalue weighted by Gasteiger charge is -2.16. The minimum Gasteiger partial charge on any atom is -0.382 e. The molecule has 0 amide bonds. The highest BCUT2D eigenvalue weighted by Crippen LogP contribution is 2.32. The second-order valence-electron chi connectivity index (χ2n) is 5.96. The minimum atomic E-state index is -3.69. The summed E-state index contributed by atoms with van der Waals surface area (Å²) in [5.74, 6) is -0.255. The van der Waals surface area contributed by atoms with Crippen LogP contribution in [-0.4, -0.2) is 36.8 Å². The molecule has 1 heterocycles. The third kappa shape index (κ3) is 4.04. The quantitative estimate of drug-likeness (QED) is 0.701. The van der Waals surface area contributed by atoms with Crippen molar-refractivity contribution in [3.63, 3.8) is 0 Å². The minimum absolute atomic E-state index is 0.248. The van der Waals surface area contributed by atoms with Crippen molar-refractivity contribution >= 4 is 21.7 Å². The Labute approximate surface area is 156 Å². The molecule has 2 aromatic carbocycles. The first kappa shape index (κ1) is 18.7. The summed E-state index contributed by atoms with van der Waals surface area (Å²) in [4.78, 5) is 7.99. The molecule has 3 aromatic rings. The van der Waals surface area contributed by atoms with E-state index in [1.54, 1.807) is 36.4 Å². The number of nitrogen functional groups attached to an aromatic ring is 1. The molecule has 0 aliphatic heterocycles. The SMILES string of the molecule is CN(C)S(=O)(=O)Nc1ccccc1-c1ccc(-c2cnc(N)cn2)c(F)c1. The molecule has 0 spiro atoms. The van der Waals surface area contributed by atoms with Crippen molar-refractivity contribution in [1.82, 2.24) is 14.3 Å². The maximum Gasteiger partial charge on any atom is 0.301 e. The summed E-state index contributed by atoms with van der Waals surface area (Å²) in [7, 11) is -0.840. The van der Waals surface area contributed by atoms with Gasteiger partial charge in [-0.05, 0) is 23.8 Å². The fourth-order valence-electron chi connectivity index (χ4n) is 2.42. The Balaban J connectivity index is 2.01. The molecule has 0 bridgehead atoms. The normalized spacial score (nSPS) is 11.6. The average molecular weight is 387 g/mol. The molecular weight excluding hydrogens is 369 g/mol. The van der Waals surface area contributed by atoms with E-state index in [2.05, 4.69) is 14.7 Å². The second-order valence-corrected chi connectivity index (χ2v) is 7.84. The van der Waals surface area contributed by atoms with Crippen LogP contribution in [0.25, 0.3) is 22.4 Å². The van der Waals surface area contributed by atoms with E-state index in [1.807, 2.05) is 0 Å². The lowest BCUT2D eigenvalue weighted by molar-refractivity contribution is 0.527. The Kier molecular flexibility index (Phi) is 5.06. The van der Waals surface area contributed by atoms with E-state index in [0.29, 0.717) is 22.5 Å². The van der Waals surface area contributed by atoms with Crippen molar-refractivity contribution in [1.29, 1.82) is 0 Å². The smallest absolute Gasteiger partial charge is 0.301 e. The molecule has 0 radical (unpaired) electrons. The van der Waals surface area contributed by atoms with Crippen LogP contribution in [-0.2, 0) is 10.2 Å². The summed E-state index contributed by atoms with van der Waals surface area (Å²) in [6.45, 7) is 0. The Morgan fingerprint density at radius 1 is 1.04 bits per heavy atom. The van der Waals surface area contributed by atoms with E-state index in [9.17, 15) is 12.8 Å². The van der Waals surface area contributed by atoms with Gasteiger partial charge in [-0.1, -0.05) is 24.3 Å². The predicted molar refractivity (Wildman–Crippen MR) is 104 cm³/mol. The lowest BCUT2D eigenvalue weighted by Crippen LogP contribution is -2.29. The van der Waals surface area contributed by atoms with Gasteiger partial charge in [-0.25, -0.2) is 9.37 Å². The van der Waals surface area contributed by atoms with Gasteiger partial charge in [-0.2, -0.15) is 12.7 Å². The fourth-order valence-corrected chi connectivity index (χ4v) is 3.06. The summed E-state index contributed by atoms with van der Waals surface area (Å²) < 4.78 is 42.5. The van der Waals surface area contributed by atoms with Crippen molar-refractivity contribution in [2.75, 3.05) is 24.6 Å². The molecule has 9 heteroatoms. The van der Waals surface area contributed by atoms with Gasteiger partial charge in [0.1, 0.15) is 11.6 Å². The number of halogens is 1. The molecule has 140 valence electrons. The highest BCUT2D eigenvalue weighted by molar-refractivity contribution is 7.90. The first-order valence-corrected chi connectivity index (χ1v) is 9.39. The van der Waals surface area contributed by atoms with Crippen LogP contribution in [0.3, 0.4) is 0 Å². The molecule has 3 N–H and O–H groups in total. The molecule has 0 fully saturated rings. The van der Waals surface area contributed by atoms with Gasteiger partial charge in [0.25, 0.3) is 0 Å². The van der Waals surface area contributed by atoms with Crippen molar-refractivity contribution in [3.8, 4) is 22.4 Å². The van der Waals surface area contributed by atoms with E-state index >= 15 is 0 Å². The van der Waals surface area contributed by atoms with E-state index in [0.717, 1.165) is 4.31 Å². The van der Waals surface area contributed by atoms with Gasteiger partial charge >= 0.3 is 10.2 Å². The largest absolute Gasteiger partial charge is 0.382 e. The zero-order chi connectivity index (χ0) is 19.6. The standard InChI is InChI=1S/C18H18FN5O2S/c1-24(2)27(25,26)23-16-6-4-3-5-13(16)12-7-8-14(15(19)9-12)17-10-22-18(20)11-21-17/h3-11,23H,1-2H3,(H2,20,22). The van der Waals surface area contributed by atoms with Crippen LogP contribution >= 0.6 is 0 Å². The Hall–Kier alpha value is -3.04. The summed E-state index contributed by atoms with van der Waals surface area (Å²) in [6, 6.07) is 11.4. The van der Waals surface area contributed by atoms with Crippen LogP contribution in [0, 0.1) is 5.82 Å². The topological polar surface area (TPSA) is 101 Å². The molecule has 7 nitrogen and oxygen atoms in total. The first-order valence-electron chi connectivity index (χ1n) is 7.95. The molecule has 0 unspecified atom stereocenters. The average Bonchev–Trinajstić information content (AvgIpc) is 2.62. The third-order valence-electron chi connectivity index (χ3n) is 3.87. The second kappa shape index (κ2) is 7.29. The molecule has 0 aliphatic rings. The Morgan fingerprint density at radius 2 is 1.78 bits per heavy atom. The number of nitrogens with zero attached hydrogens (tertiary/aromatic N) is 3. The van der Waals surface area contributed by atoms with E-state index in [1.165, 1.54) is 32.6 Å². The van der Waals surface area contributed by atoms with E-state index in [-0.39, 0.29) is 11.4 Å². The maximum atomic E-state index is 14.7. The number of hydrogen-bond donors (Lipinski definition) is 2. The van der Waals surface area contributed by atoms with Gasteiger partial charge in [0, 0.05) is 25.2 Å². The Bertz CT molecular complexity index is 1070. The van der Waals surface area contributed by atoms with Gasteiger partial charge in [0.2, 0.25) is 0 Å². The molecule has 0 saturated carbocycles. The fraction of sp³-hybridized carbons (Fsp3) is 0.111. The maximum absolute atomic E-state index is 14.7. The Morgan fingerprint density at radius 3 is 2.41 bits per heavy atom. The molecule has 27 heavy (non-hydrogen) atoms. The van der Waals surface area contributed by atoms with Gasteiger partial charge in [0.15, 0.2) is 0 Å². The number of hydrogen-bond acceptors (Lipinski definition) is 5. The zero-order valence-corrected chi connectivity index (χ0v) is 15.5. The van der Waals surface area contributed by atoms with Gasteiger partial charge in [-0.15, -0.1) is 0 Å². The predicted octanol–water partition coefficient (Wildman–Crippen LogP) is 2.75. The number of aromatic nitrogens is 2. The molecule has 1 aromatic heterocycles. The number of rotatable bonds is 5. The number of anilines is 2. The van der Waals surface area contributed by atoms with Crippen LogP contribution < -0.4 is 10.5 Å². The summed E-state index contributed by atoms with van der Waals surface area (Å²) in [5, 5.41) is 0. The van der Waals surface area contributed by atoms with Crippen molar-refractivity contribution in [2.45, 2.75) is 0 Å². The number of benzene rings is 2. The van der Waals surface area contributed by atoms with E-state index in [4.69, 9.17) is 5.73 Å². The van der Waals surface area contributed by atoms with E-state index < -0.39 is 16.0 Å². The van der Waals surface area contributed by atoms with Gasteiger partial charge in [-0.3, -0.25) is 9.71 Å². The van der Waals surface area contributed by atoms with Crippen LogP contribution in [0.1, 0.15) is 0 Å². The first-order chi connectivity index (χ1) is 12.8. The van der Waals surface area contributed by atoms with Gasteiger partial charge < -0.3 is 5.73 Å². The summed E-state index contributed by atoms with van der Waals surface area (Å²) in [5.41, 5.74) is 7.57. The molecule has 0 aliphatic carbocycles. The van der Waals surface area contributed by atoms with Crippen LogP contribution in [0.15, 0.2) is 54.9 Å². The highest BCUT2D eigenvalue weighted by atomic mass is 32.2. The number of para-hydroxylation sites is 1. The molecular formula is C18H18FN5O2S. The van der Waals surface area contributed by atoms with Gasteiger partial charge in [0.05, 0.1) is 23.8 Å². The van der Waals surface area contributed by atoms with Crippen LogP contribution in [0.2, 0.25) is 0 Å². The zero-order valence-electron chi connectivity index (χ0n) is 14.7. The van der Waals surface area contributed by atoms with Crippen molar-refractivity contribution in [3.05, 3.63) is 60.7 Å². The summed E-state index contributed by atoms with van der Waals surface area (Å²) in [6.07, 6.45) is 2.75.